The van der Waals surface area contributed by atoms with Crippen molar-refractivity contribution in [3.63, 3.8) is 0 Å². The van der Waals surface area contributed by atoms with Gasteiger partial charge >= 0.3 is 0 Å². The molecule has 0 aromatic heterocycles. The van der Waals surface area contributed by atoms with Crippen LogP contribution in [-0.2, 0) is 20.8 Å². The van der Waals surface area contributed by atoms with Gasteiger partial charge in [-0.3, -0.25) is 9.59 Å². The molecule has 1 saturated heterocycles. The van der Waals surface area contributed by atoms with E-state index in [0.29, 0.717) is 25.9 Å². The van der Waals surface area contributed by atoms with Gasteiger partial charge in [-0.25, -0.2) is 0 Å². The molecule has 2 amide bonds. The number of nitrogens with zero attached hydrogens (tertiary/aromatic N) is 1. The molecule has 0 radical (unpaired) electrons. The van der Waals surface area contributed by atoms with E-state index in [1.165, 1.54) is 6.92 Å². The molecule has 5 nitrogen and oxygen atoms in total. The Bertz CT molecular complexity index is 549. The van der Waals surface area contributed by atoms with E-state index >= 15 is 0 Å². The lowest BCUT2D eigenvalue weighted by atomic mass is 10.0. The SMILES string of the molecule is CC(=O)CCC(=O)NC1CCN(C(=O)Cc2ccccc2)CC1. The predicted molar refractivity (Wildman–Crippen MR) is 87.8 cm³/mol. The number of Topliss-reactive ketones (excluding diaryl/α,β-unsaturated/α-hetero) is 1. The normalized spacial score (nSPS) is 15.3. The Morgan fingerprint density at radius 3 is 2.35 bits per heavy atom. The van der Waals surface area contributed by atoms with Crippen LogP contribution in [0.5, 0.6) is 0 Å². The molecule has 0 bridgehead atoms. The fraction of sp³-hybridized carbons (Fsp3) is 0.500. The number of ketones is 1. The number of hydrogen-bond acceptors (Lipinski definition) is 3. The van der Waals surface area contributed by atoms with Crippen LogP contribution in [-0.4, -0.2) is 41.6 Å². The van der Waals surface area contributed by atoms with Crippen LogP contribution in [0.1, 0.15) is 38.2 Å². The summed E-state index contributed by atoms with van der Waals surface area (Å²) in [6.45, 7) is 2.83. The number of nitrogens with one attached hydrogen (secondary N) is 1. The molecule has 0 unspecified atom stereocenters. The zero-order chi connectivity index (χ0) is 16.7. The van der Waals surface area contributed by atoms with Crippen molar-refractivity contribution in [2.24, 2.45) is 0 Å². The second kappa shape index (κ2) is 8.46. The molecule has 0 spiro atoms. The first kappa shape index (κ1) is 17.2. The maximum absolute atomic E-state index is 12.3. The predicted octanol–water partition coefficient (Wildman–Crippen LogP) is 1.71. The molecule has 1 fully saturated rings. The minimum atomic E-state index is -0.0748. The number of benzene rings is 1. The van der Waals surface area contributed by atoms with Gasteiger partial charge in [0.1, 0.15) is 5.78 Å². The van der Waals surface area contributed by atoms with E-state index in [1.807, 2.05) is 35.2 Å². The zero-order valence-corrected chi connectivity index (χ0v) is 13.6. The van der Waals surface area contributed by atoms with Crippen LogP contribution in [0.25, 0.3) is 0 Å². The molecule has 1 aromatic rings. The molecule has 1 aromatic carbocycles. The molecule has 23 heavy (non-hydrogen) atoms. The lowest BCUT2D eigenvalue weighted by molar-refractivity contribution is -0.131. The third kappa shape index (κ3) is 5.85. The highest BCUT2D eigenvalue weighted by atomic mass is 16.2. The third-order valence-electron chi connectivity index (χ3n) is 4.12. The maximum atomic E-state index is 12.3. The Morgan fingerprint density at radius 2 is 1.74 bits per heavy atom. The Balaban J connectivity index is 1.72. The lowest BCUT2D eigenvalue weighted by Crippen LogP contribution is -2.47. The van der Waals surface area contributed by atoms with Gasteiger partial charge in [-0.15, -0.1) is 0 Å². The van der Waals surface area contributed by atoms with Crippen LogP contribution in [0.2, 0.25) is 0 Å². The van der Waals surface area contributed by atoms with E-state index < -0.39 is 0 Å². The van der Waals surface area contributed by atoms with Crippen LogP contribution >= 0.6 is 0 Å². The molecule has 2 rings (SSSR count). The minimum Gasteiger partial charge on any atom is -0.353 e. The van der Waals surface area contributed by atoms with Crippen LogP contribution in [0.15, 0.2) is 30.3 Å². The van der Waals surface area contributed by atoms with Gasteiger partial charge in [0, 0.05) is 32.0 Å². The lowest BCUT2D eigenvalue weighted by Gasteiger charge is -2.32. The summed E-state index contributed by atoms with van der Waals surface area (Å²) in [7, 11) is 0. The highest BCUT2D eigenvalue weighted by Gasteiger charge is 2.23. The topological polar surface area (TPSA) is 66.5 Å². The van der Waals surface area contributed by atoms with E-state index in [-0.39, 0.29) is 30.1 Å². The molecule has 124 valence electrons. The van der Waals surface area contributed by atoms with Crippen molar-refractivity contribution >= 4 is 17.6 Å². The second-order valence-electron chi connectivity index (χ2n) is 6.09. The van der Waals surface area contributed by atoms with Gasteiger partial charge in [0.05, 0.1) is 6.42 Å². The van der Waals surface area contributed by atoms with Gasteiger partial charge in [0.25, 0.3) is 0 Å². The molecule has 1 heterocycles. The molecule has 1 N–H and O–H groups in total. The molecule has 1 aliphatic heterocycles. The summed E-state index contributed by atoms with van der Waals surface area (Å²) in [6.07, 6.45) is 2.51. The van der Waals surface area contributed by atoms with Crippen LogP contribution in [0.3, 0.4) is 0 Å². The summed E-state index contributed by atoms with van der Waals surface area (Å²) in [5.41, 5.74) is 1.03. The Kier molecular flexibility index (Phi) is 6.32. The summed E-state index contributed by atoms with van der Waals surface area (Å²) >= 11 is 0. The fourth-order valence-corrected chi connectivity index (χ4v) is 2.74. The number of likely N-dealkylation sites (tertiary alicyclic amines) is 1. The van der Waals surface area contributed by atoms with Crippen LogP contribution < -0.4 is 5.32 Å². The Hall–Kier alpha value is -2.17. The summed E-state index contributed by atoms with van der Waals surface area (Å²) in [5.74, 6) is 0.0910. The van der Waals surface area contributed by atoms with Crippen molar-refractivity contribution in [2.45, 2.75) is 45.1 Å². The van der Waals surface area contributed by atoms with Crippen molar-refractivity contribution in [2.75, 3.05) is 13.1 Å². The van der Waals surface area contributed by atoms with Gasteiger partial charge < -0.3 is 15.0 Å². The molecule has 0 atom stereocenters. The highest BCUT2D eigenvalue weighted by Crippen LogP contribution is 2.13. The second-order valence-corrected chi connectivity index (χ2v) is 6.09. The first-order valence-corrected chi connectivity index (χ1v) is 8.15. The Morgan fingerprint density at radius 1 is 1.09 bits per heavy atom. The third-order valence-corrected chi connectivity index (χ3v) is 4.12. The van der Waals surface area contributed by atoms with E-state index in [9.17, 15) is 14.4 Å². The highest BCUT2D eigenvalue weighted by molar-refractivity contribution is 5.83. The maximum Gasteiger partial charge on any atom is 0.226 e. The molecule has 0 saturated carbocycles. The molecule has 0 aliphatic carbocycles. The summed E-state index contributed by atoms with van der Waals surface area (Å²) in [4.78, 5) is 36.8. The van der Waals surface area contributed by atoms with Crippen molar-refractivity contribution in [3.8, 4) is 0 Å². The summed E-state index contributed by atoms with van der Waals surface area (Å²) < 4.78 is 0. The van der Waals surface area contributed by atoms with Gasteiger partial charge in [0.2, 0.25) is 11.8 Å². The molecular formula is C18H24N2O3. The molecule has 1 aliphatic rings. The van der Waals surface area contributed by atoms with E-state index in [4.69, 9.17) is 0 Å². The average molecular weight is 316 g/mol. The van der Waals surface area contributed by atoms with E-state index in [0.717, 1.165) is 18.4 Å². The first-order valence-electron chi connectivity index (χ1n) is 8.15. The van der Waals surface area contributed by atoms with Crippen molar-refractivity contribution in [3.05, 3.63) is 35.9 Å². The van der Waals surface area contributed by atoms with Crippen molar-refractivity contribution < 1.29 is 14.4 Å². The summed E-state index contributed by atoms with van der Waals surface area (Å²) in [5, 5.41) is 2.95. The van der Waals surface area contributed by atoms with Gasteiger partial charge in [-0.05, 0) is 25.3 Å². The van der Waals surface area contributed by atoms with E-state index in [1.54, 1.807) is 0 Å². The summed E-state index contributed by atoms with van der Waals surface area (Å²) in [6, 6.07) is 9.83. The number of amides is 2. The number of hydrogen-bond donors (Lipinski definition) is 1. The molecular weight excluding hydrogens is 292 g/mol. The van der Waals surface area contributed by atoms with Gasteiger partial charge in [-0.1, -0.05) is 30.3 Å². The quantitative estimate of drug-likeness (QED) is 0.869. The largest absolute Gasteiger partial charge is 0.353 e. The van der Waals surface area contributed by atoms with Crippen LogP contribution in [0, 0.1) is 0 Å². The standard InChI is InChI=1S/C18H24N2O3/c1-14(21)7-8-17(22)19-16-9-11-20(12-10-16)18(23)13-15-5-3-2-4-6-15/h2-6,16H,7-13H2,1H3,(H,19,22). The number of piperidine rings is 1. The molecule has 5 heteroatoms. The first-order chi connectivity index (χ1) is 11.0. The Labute approximate surface area is 137 Å². The van der Waals surface area contributed by atoms with Crippen LogP contribution in [0.4, 0.5) is 0 Å². The number of carbonyl (C=O) groups excluding carboxylic acids is 3. The van der Waals surface area contributed by atoms with Gasteiger partial charge in [0.15, 0.2) is 0 Å². The van der Waals surface area contributed by atoms with Gasteiger partial charge in [-0.2, -0.15) is 0 Å². The monoisotopic (exact) mass is 316 g/mol. The van der Waals surface area contributed by atoms with Crippen molar-refractivity contribution in [1.29, 1.82) is 0 Å². The minimum absolute atomic E-state index is 0.0291. The smallest absolute Gasteiger partial charge is 0.226 e. The van der Waals surface area contributed by atoms with Crippen molar-refractivity contribution in [1.82, 2.24) is 10.2 Å². The number of carbonyl (C=O) groups is 3. The fourth-order valence-electron chi connectivity index (χ4n) is 2.74. The average Bonchev–Trinajstić information content (AvgIpc) is 2.54. The number of rotatable bonds is 6. The van der Waals surface area contributed by atoms with E-state index in [2.05, 4.69) is 5.32 Å². The zero-order valence-electron chi connectivity index (χ0n) is 13.6.